The van der Waals surface area contributed by atoms with Gasteiger partial charge in [-0.05, 0) is 58.1 Å². The molecule has 1 fully saturated rings. The summed E-state index contributed by atoms with van der Waals surface area (Å²) in [4.78, 5) is 32.3. The predicted octanol–water partition coefficient (Wildman–Crippen LogP) is 4.39. The predicted molar refractivity (Wildman–Crippen MR) is 153 cm³/mol. The second-order valence-electron chi connectivity index (χ2n) is 11.0. The van der Waals surface area contributed by atoms with Gasteiger partial charge in [-0.25, -0.2) is 24.0 Å². The van der Waals surface area contributed by atoms with E-state index in [1.807, 2.05) is 39.1 Å². The molecule has 0 saturated heterocycles. The van der Waals surface area contributed by atoms with Gasteiger partial charge in [0.05, 0.1) is 35.7 Å². The number of pyridine rings is 1. The molecule has 1 aliphatic heterocycles. The molecule has 0 bridgehead atoms. The van der Waals surface area contributed by atoms with Crippen LogP contribution in [-0.2, 0) is 9.53 Å². The molecule has 5 heterocycles. The van der Waals surface area contributed by atoms with Crippen molar-refractivity contribution in [3.63, 3.8) is 0 Å². The number of H-pyrrole nitrogens is 1. The first-order chi connectivity index (χ1) is 20.2. The molecule has 6 rings (SSSR count). The van der Waals surface area contributed by atoms with Crippen LogP contribution in [0.3, 0.4) is 0 Å². The van der Waals surface area contributed by atoms with E-state index in [0.29, 0.717) is 43.1 Å². The number of hydrogen-bond acceptors (Lipinski definition) is 9. The van der Waals surface area contributed by atoms with E-state index in [1.54, 1.807) is 19.4 Å². The van der Waals surface area contributed by atoms with Gasteiger partial charge in [0.15, 0.2) is 17.5 Å². The van der Waals surface area contributed by atoms with Crippen molar-refractivity contribution in [1.29, 1.82) is 0 Å². The molecule has 1 unspecified atom stereocenters. The van der Waals surface area contributed by atoms with E-state index in [4.69, 9.17) is 14.7 Å². The lowest BCUT2D eigenvalue weighted by Gasteiger charge is -2.38. The average molecular weight is 573 g/mol. The minimum absolute atomic E-state index is 0.0543. The maximum atomic E-state index is 13.5. The van der Waals surface area contributed by atoms with Gasteiger partial charge in [-0.3, -0.25) is 14.9 Å². The summed E-state index contributed by atoms with van der Waals surface area (Å²) >= 11 is 0. The fourth-order valence-corrected chi connectivity index (χ4v) is 5.58. The second kappa shape index (κ2) is 11.0. The van der Waals surface area contributed by atoms with Crippen LogP contribution in [0.25, 0.3) is 5.82 Å². The van der Waals surface area contributed by atoms with Gasteiger partial charge in [-0.2, -0.15) is 10.2 Å². The molecule has 1 saturated carbocycles. The molecule has 0 spiro atoms. The lowest BCUT2D eigenvalue weighted by atomic mass is 9.77. The fourth-order valence-electron chi connectivity index (χ4n) is 5.58. The highest BCUT2D eigenvalue weighted by molar-refractivity contribution is 5.91. The number of carbonyl (C=O) groups excluding carboxylic acids is 1. The van der Waals surface area contributed by atoms with Crippen LogP contribution < -0.4 is 10.6 Å². The molecule has 2 aliphatic rings. The second-order valence-corrected chi connectivity index (χ2v) is 11.0. The van der Waals surface area contributed by atoms with Crippen molar-refractivity contribution >= 4 is 23.8 Å². The van der Waals surface area contributed by atoms with Crippen LogP contribution in [0.1, 0.15) is 85.9 Å². The Morgan fingerprint density at radius 1 is 1.24 bits per heavy atom. The number of amides is 1. The quantitative estimate of drug-likeness (QED) is 0.282. The Hall–Kier alpha value is -4.52. The van der Waals surface area contributed by atoms with Gasteiger partial charge < -0.3 is 15.4 Å². The number of nitrogens with zero attached hydrogens (tertiary/aromatic N) is 7. The highest BCUT2D eigenvalue weighted by atomic mass is 19.1. The van der Waals surface area contributed by atoms with Crippen molar-refractivity contribution in [2.45, 2.75) is 70.1 Å². The average Bonchev–Trinajstić information content (AvgIpc) is 3.73. The summed E-state index contributed by atoms with van der Waals surface area (Å²) in [5.74, 6) is 2.06. The number of hydrogen-bond donors (Lipinski definition) is 3. The van der Waals surface area contributed by atoms with Crippen LogP contribution in [0, 0.1) is 12.7 Å². The molecule has 0 aromatic carbocycles. The number of nitrogens with one attached hydrogen (secondary N) is 3. The number of aryl methyl sites for hydroxylation is 1. The molecule has 1 aliphatic carbocycles. The zero-order chi connectivity index (χ0) is 29.4. The monoisotopic (exact) mass is 572 g/mol. The number of anilines is 2. The van der Waals surface area contributed by atoms with Gasteiger partial charge in [-0.15, -0.1) is 0 Å². The summed E-state index contributed by atoms with van der Waals surface area (Å²) < 4.78 is 20.5. The lowest BCUT2D eigenvalue weighted by molar-refractivity contribution is -0.148. The smallest absolute Gasteiger partial charge is 0.252 e. The lowest BCUT2D eigenvalue weighted by Crippen LogP contribution is -2.50. The number of halogens is 1. The molecule has 42 heavy (non-hydrogen) atoms. The summed E-state index contributed by atoms with van der Waals surface area (Å²) in [6, 6.07) is 5.14. The highest BCUT2D eigenvalue weighted by Crippen LogP contribution is 2.41. The molecule has 3 N–H and O–H groups in total. The fraction of sp³-hybridized carbons (Fsp3) is 0.414. The Morgan fingerprint density at radius 2 is 2.05 bits per heavy atom. The third-order valence-corrected chi connectivity index (χ3v) is 8.13. The molecule has 2 atom stereocenters. The molecular formula is C29H33FN10O2. The van der Waals surface area contributed by atoms with Crippen molar-refractivity contribution in [3.05, 3.63) is 70.9 Å². The maximum absolute atomic E-state index is 13.5. The summed E-state index contributed by atoms with van der Waals surface area (Å²) in [6.45, 7) is 5.86. The topological polar surface area (TPSA) is 148 Å². The Morgan fingerprint density at radius 3 is 2.69 bits per heavy atom. The van der Waals surface area contributed by atoms with Crippen molar-refractivity contribution in [1.82, 2.24) is 40.2 Å². The van der Waals surface area contributed by atoms with Gasteiger partial charge >= 0.3 is 0 Å². The SMILES string of the molecule is CO[C@]1(C(=O)N[C@@H](C)c2ccc(-n3cc(F)cn3)nc2)CC[C@H](c2nc(Nc3cc(C)[nH]n3)c3c(n2)C(C)N=C3)CC1. The van der Waals surface area contributed by atoms with Crippen molar-refractivity contribution in [2.24, 2.45) is 4.99 Å². The van der Waals surface area contributed by atoms with Gasteiger partial charge in [0, 0.05) is 37.2 Å². The summed E-state index contributed by atoms with van der Waals surface area (Å²) in [5, 5.41) is 17.6. The zero-order valence-electron chi connectivity index (χ0n) is 23.9. The Labute approximate surface area is 242 Å². The molecule has 13 heteroatoms. The number of ether oxygens (including phenoxy) is 1. The molecule has 0 radical (unpaired) electrons. The molecular weight excluding hydrogens is 539 g/mol. The van der Waals surface area contributed by atoms with Crippen molar-refractivity contribution in [2.75, 3.05) is 12.4 Å². The molecule has 12 nitrogen and oxygen atoms in total. The highest BCUT2D eigenvalue weighted by Gasteiger charge is 2.43. The number of methoxy groups -OCH3 is 1. The zero-order valence-corrected chi connectivity index (χ0v) is 23.9. The molecule has 4 aromatic heterocycles. The number of aromatic amines is 1. The van der Waals surface area contributed by atoms with Crippen molar-refractivity contribution < 1.29 is 13.9 Å². The first kappa shape index (κ1) is 27.6. The van der Waals surface area contributed by atoms with E-state index in [1.165, 1.54) is 10.9 Å². The largest absolute Gasteiger partial charge is 0.368 e. The first-order valence-corrected chi connectivity index (χ1v) is 14.0. The molecule has 218 valence electrons. The van der Waals surface area contributed by atoms with Crippen LogP contribution in [0.2, 0.25) is 0 Å². The van der Waals surface area contributed by atoms with Crippen LogP contribution in [-0.4, -0.2) is 59.8 Å². The summed E-state index contributed by atoms with van der Waals surface area (Å²) in [7, 11) is 1.59. The Kier molecular flexibility index (Phi) is 7.27. The van der Waals surface area contributed by atoms with Crippen LogP contribution >= 0.6 is 0 Å². The van der Waals surface area contributed by atoms with Crippen LogP contribution in [0.15, 0.2) is 41.8 Å². The molecule has 4 aromatic rings. The third-order valence-electron chi connectivity index (χ3n) is 8.13. The molecule has 1 amide bonds. The number of fused-ring (bicyclic) bond motifs is 1. The third kappa shape index (κ3) is 5.27. The number of carbonyl (C=O) groups is 1. The van der Waals surface area contributed by atoms with Gasteiger partial charge in [0.25, 0.3) is 5.91 Å². The Bertz CT molecular complexity index is 1620. The number of aromatic nitrogens is 7. The minimum Gasteiger partial charge on any atom is -0.368 e. The van der Waals surface area contributed by atoms with E-state index in [2.05, 4.69) is 35.9 Å². The standard InChI is InChI=1S/C29H33FN10O2/c1-16-11-23(39-38-16)35-27-22-14-31-18(3)25(22)36-26(37-27)19-7-9-29(42-4,10-8-19)28(41)34-17(2)20-5-6-24(32-12-20)40-15-21(30)13-33-40/h5-6,11-15,17-19H,7-10H2,1-4H3,(H,34,41)(H2,35,36,37,38,39)/t17-,18?,19-,29+/m0/s1. The minimum atomic E-state index is -0.953. The van der Waals surface area contributed by atoms with Crippen LogP contribution in [0.5, 0.6) is 0 Å². The summed E-state index contributed by atoms with van der Waals surface area (Å²) in [6.07, 6.45) is 8.30. The van der Waals surface area contributed by atoms with E-state index in [9.17, 15) is 9.18 Å². The van der Waals surface area contributed by atoms with Gasteiger partial charge in [0.2, 0.25) is 0 Å². The van der Waals surface area contributed by atoms with Crippen LogP contribution in [0.4, 0.5) is 16.0 Å². The Balaban J connectivity index is 1.14. The maximum Gasteiger partial charge on any atom is 0.252 e. The van der Waals surface area contributed by atoms with E-state index in [-0.39, 0.29) is 23.9 Å². The normalized spacial score (nSPS) is 22.1. The first-order valence-electron chi connectivity index (χ1n) is 14.0. The van der Waals surface area contributed by atoms with E-state index >= 15 is 0 Å². The summed E-state index contributed by atoms with van der Waals surface area (Å²) in [5.41, 5.74) is 2.57. The number of aliphatic imine (C=N–C) groups is 1. The number of rotatable bonds is 8. The van der Waals surface area contributed by atoms with Gasteiger partial charge in [-0.1, -0.05) is 6.07 Å². The van der Waals surface area contributed by atoms with E-state index < -0.39 is 11.4 Å². The van der Waals surface area contributed by atoms with E-state index in [0.717, 1.165) is 34.5 Å². The van der Waals surface area contributed by atoms with Gasteiger partial charge in [0.1, 0.15) is 17.2 Å². The van der Waals surface area contributed by atoms with Crippen molar-refractivity contribution in [3.8, 4) is 5.82 Å².